The lowest BCUT2D eigenvalue weighted by Crippen LogP contribution is -2.22. The number of Topliss-reactive ketones (excluding diaryl/α,β-unsaturated/α-hetero) is 2. The van der Waals surface area contributed by atoms with Crippen LogP contribution in [0.5, 0.6) is 0 Å². The molecule has 0 saturated carbocycles. The van der Waals surface area contributed by atoms with E-state index in [9.17, 15) is 35.9 Å². The van der Waals surface area contributed by atoms with E-state index in [-0.39, 0.29) is 37.1 Å². The van der Waals surface area contributed by atoms with Gasteiger partial charge in [-0.3, -0.25) is 9.59 Å². The molecule has 0 atom stereocenters. The Labute approximate surface area is 162 Å². The van der Waals surface area contributed by atoms with E-state index in [1.165, 1.54) is 12.1 Å². The van der Waals surface area contributed by atoms with Gasteiger partial charge in [-0.15, -0.1) is 0 Å². The summed E-state index contributed by atoms with van der Waals surface area (Å²) in [7, 11) is 0. The molecule has 3 nitrogen and oxygen atoms in total. The van der Waals surface area contributed by atoms with Crippen LogP contribution in [0.2, 0.25) is 0 Å². The first-order valence-electron chi connectivity index (χ1n) is 8.60. The number of hydrogen-bond donors (Lipinski definition) is 1. The molecule has 0 saturated heterocycles. The summed E-state index contributed by atoms with van der Waals surface area (Å²) >= 11 is 0. The monoisotopic (exact) mass is 417 g/mol. The van der Waals surface area contributed by atoms with E-state index in [0.717, 1.165) is 36.4 Å². The van der Waals surface area contributed by atoms with E-state index >= 15 is 0 Å². The van der Waals surface area contributed by atoms with Crippen LogP contribution in [0.1, 0.15) is 44.7 Å². The molecule has 29 heavy (non-hydrogen) atoms. The van der Waals surface area contributed by atoms with Crippen LogP contribution in [0.15, 0.2) is 48.5 Å². The van der Waals surface area contributed by atoms with Gasteiger partial charge in [0.05, 0.1) is 11.1 Å². The number of carbonyl (C=O) groups excluding carboxylic acids is 2. The minimum Gasteiger partial charge on any atom is -0.316 e. The van der Waals surface area contributed by atoms with Crippen molar-refractivity contribution >= 4 is 11.6 Å². The summed E-state index contributed by atoms with van der Waals surface area (Å²) < 4.78 is 76.0. The number of nitrogens with one attached hydrogen (secondary N) is 1. The van der Waals surface area contributed by atoms with Crippen molar-refractivity contribution in [3.05, 3.63) is 70.8 Å². The molecule has 0 aliphatic rings. The molecule has 1 N–H and O–H groups in total. The van der Waals surface area contributed by atoms with Crippen molar-refractivity contribution in [2.24, 2.45) is 0 Å². The smallest absolute Gasteiger partial charge is 0.316 e. The van der Waals surface area contributed by atoms with Crippen LogP contribution in [0.25, 0.3) is 0 Å². The second-order valence-electron chi connectivity index (χ2n) is 6.25. The highest BCUT2D eigenvalue weighted by Crippen LogP contribution is 2.30. The molecule has 0 amide bonds. The first-order valence-corrected chi connectivity index (χ1v) is 8.60. The molecule has 0 bridgehead atoms. The van der Waals surface area contributed by atoms with Crippen molar-refractivity contribution in [1.29, 1.82) is 0 Å². The van der Waals surface area contributed by atoms with Crippen LogP contribution in [0.4, 0.5) is 26.3 Å². The summed E-state index contributed by atoms with van der Waals surface area (Å²) in [5.41, 5.74) is -1.96. The standard InChI is InChI=1S/C20H17F6NO2/c21-19(22,23)15-5-1-3-13(11-15)17(28)7-9-27-10-8-18(29)14-4-2-6-16(12-14)20(24,25)26/h1-6,11-12,27H,7-10H2. The predicted octanol–water partition coefficient (Wildman–Crippen LogP) is 5.16. The van der Waals surface area contributed by atoms with Crippen LogP contribution >= 0.6 is 0 Å². The van der Waals surface area contributed by atoms with Gasteiger partial charge >= 0.3 is 12.4 Å². The van der Waals surface area contributed by atoms with Gasteiger partial charge in [-0.1, -0.05) is 24.3 Å². The lowest BCUT2D eigenvalue weighted by Gasteiger charge is -2.09. The molecule has 0 spiro atoms. The maximum atomic E-state index is 12.7. The highest BCUT2D eigenvalue weighted by molar-refractivity contribution is 5.97. The van der Waals surface area contributed by atoms with E-state index < -0.39 is 35.0 Å². The third-order valence-electron chi connectivity index (χ3n) is 4.08. The molecule has 0 unspecified atom stereocenters. The highest BCUT2D eigenvalue weighted by atomic mass is 19.4. The Bertz CT molecular complexity index is 802. The molecular formula is C20H17F6NO2. The fourth-order valence-corrected chi connectivity index (χ4v) is 2.56. The van der Waals surface area contributed by atoms with Gasteiger partial charge in [0.1, 0.15) is 0 Å². The Morgan fingerprint density at radius 2 is 1.07 bits per heavy atom. The topological polar surface area (TPSA) is 46.2 Å². The quantitative estimate of drug-likeness (QED) is 0.367. The minimum absolute atomic E-state index is 0.0679. The van der Waals surface area contributed by atoms with Crippen LogP contribution in [0.3, 0.4) is 0 Å². The first-order chi connectivity index (χ1) is 13.5. The van der Waals surface area contributed by atoms with Crippen molar-refractivity contribution in [1.82, 2.24) is 5.32 Å². The molecule has 0 heterocycles. The van der Waals surface area contributed by atoms with Crippen LogP contribution in [-0.2, 0) is 12.4 Å². The van der Waals surface area contributed by atoms with Crippen LogP contribution in [-0.4, -0.2) is 24.7 Å². The molecule has 2 aromatic rings. The molecule has 9 heteroatoms. The van der Waals surface area contributed by atoms with Gasteiger partial charge in [0, 0.05) is 37.1 Å². The van der Waals surface area contributed by atoms with Crippen LogP contribution < -0.4 is 5.32 Å². The van der Waals surface area contributed by atoms with Crippen molar-refractivity contribution in [3.63, 3.8) is 0 Å². The second kappa shape index (κ2) is 9.21. The third-order valence-corrected chi connectivity index (χ3v) is 4.08. The minimum atomic E-state index is -4.54. The van der Waals surface area contributed by atoms with Crippen molar-refractivity contribution in [2.75, 3.05) is 13.1 Å². The third kappa shape index (κ3) is 6.70. The molecule has 0 radical (unpaired) electrons. The number of carbonyl (C=O) groups is 2. The van der Waals surface area contributed by atoms with E-state index in [2.05, 4.69) is 5.32 Å². The van der Waals surface area contributed by atoms with E-state index in [1.807, 2.05) is 0 Å². The lowest BCUT2D eigenvalue weighted by atomic mass is 10.0. The maximum Gasteiger partial charge on any atom is 0.416 e. The lowest BCUT2D eigenvalue weighted by molar-refractivity contribution is -0.138. The van der Waals surface area contributed by atoms with Gasteiger partial charge in [0.15, 0.2) is 11.6 Å². The Kier molecular flexibility index (Phi) is 7.18. The molecular weight excluding hydrogens is 400 g/mol. The van der Waals surface area contributed by atoms with E-state index in [0.29, 0.717) is 0 Å². The first kappa shape index (κ1) is 22.6. The average molecular weight is 417 g/mol. The Balaban J connectivity index is 1.80. The van der Waals surface area contributed by atoms with Gasteiger partial charge in [0.2, 0.25) is 0 Å². The highest BCUT2D eigenvalue weighted by Gasteiger charge is 2.31. The molecule has 2 aromatic carbocycles. The van der Waals surface area contributed by atoms with Gasteiger partial charge in [-0.25, -0.2) is 0 Å². The second-order valence-corrected chi connectivity index (χ2v) is 6.25. The average Bonchev–Trinajstić information content (AvgIpc) is 2.66. The number of halogens is 6. The summed E-state index contributed by atoms with van der Waals surface area (Å²) in [5, 5.41) is 2.79. The zero-order valence-electron chi connectivity index (χ0n) is 15.0. The van der Waals surface area contributed by atoms with Crippen molar-refractivity contribution in [3.8, 4) is 0 Å². The van der Waals surface area contributed by atoms with E-state index in [4.69, 9.17) is 0 Å². The number of ketones is 2. The normalized spacial score (nSPS) is 12.1. The molecule has 0 aliphatic carbocycles. The fourth-order valence-electron chi connectivity index (χ4n) is 2.56. The molecule has 0 aromatic heterocycles. The van der Waals surface area contributed by atoms with E-state index in [1.54, 1.807) is 0 Å². The molecule has 156 valence electrons. The Hall–Kier alpha value is -2.68. The molecule has 0 aliphatic heterocycles. The zero-order valence-corrected chi connectivity index (χ0v) is 15.0. The summed E-state index contributed by atoms with van der Waals surface area (Å²) in [4.78, 5) is 24.0. The summed E-state index contributed by atoms with van der Waals surface area (Å²) in [5.74, 6) is -0.986. The molecule has 0 fully saturated rings. The van der Waals surface area contributed by atoms with Gasteiger partial charge in [0.25, 0.3) is 0 Å². The zero-order chi connectivity index (χ0) is 21.7. The Morgan fingerprint density at radius 1 is 0.690 bits per heavy atom. The summed E-state index contributed by atoms with van der Waals surface area (Å²) in [6.07, 6.45) is -9.26. The SMILES string of the molecule is O=C(CCNCCC(=O)c1cccc(C(F)(F)F)c1)c1cccc(C(F)(F)F)c1. The van der Waals surface area contributed by atoms with Crippen molar-refractivity contribution < 1.29 is 35.9 Å². The fraction of sp³-hybridized carbons (Fsp3) is 0.300. The van der Waals surface area contributed by atoms with Gasteiger partial charge in [-0.05, 0) is 24.3 Å². The largest absolute Gasteiger partial charge is 0.416 e. The number of hydrogen-bond acceptors (Lipinski definition) is 3. The Morgan fingerprint density at radius 3 is 1.41 bits per heavy atom. The van der Waals surface area contributed by atoms with Gasteiger partial charge in [-0.2, -0.15) is 26.3 Å². The number of benzene rings is 2. The predicted molar refractivity (Wildman–Crippen MR) is 93.7 cm³/mol. The molecule has 2 rings (SSSR count). The number of rotatable bonds is 8. The van der Waals surface area contributed by atoms with Gasteiger partial charge < -0.3 is 5.32 Å². The summed E-state index contributed by atoms with van der Waals surface area (Å²) in [6, 6.07) is 8.17. The maximum absolute atomic E-state index is 12.7. The number of alkyl halides is 6. The van der Waals surface area contributed by atoms with Crippen molar-refractivity contribution in [2.45, 2.75) is 25.2 Å². The van der Waals surface area contributed by atoms with Crippen LogP contribution in [0, 0.1) is 0 Å². The summed E-state index contributed by atoms with van der Waals surface area (Å²) in [6.45, 7) is 0.232.